The Balaban J connectivity index is 1.37. The van der Waals surface area contributed by atoms with Gasteiger partial charge in [-0.15, -0.1) is 0 Å². The molecule has 1 atom stereocenters. The summed E-state index contributed by atoms with van der Waals surface area (Å²) in [5, 5.41) is 1.16. The van der Waals surface area contributed by atoms with Crippen molar-refractivity contribution < 1.29 is 9.53 Å². The van der Waals surface area contributed by atoms with Crippen molar-refractivity contribution in [1.29, 1.82) is 0 Å². The molecule has 1 saturated heterocycles. The number of aromatic nitrogens is 4. The molecule has 2 aliphatic heterocycles. The molecule has 2 aromatic carbocycles. The molecule has 0 bridgehead atoms. The van der Waals surface area contributed by atoms with Gasteiger partial charge in [0.05, 0.1) is 17.8 Å². The molecule has 0 spiro atoms. The van der Waals surface area contributed by atoms with Crippen LogP contribution in [0.4, 0.5) is 0 Å². The third-order valence-corrected chi connectivity index (χ3v) is 7.50. The van der Waals surface area contributed by atoms with Gasteiger partial charge in [0.2, 0.25) is 0 Å². The van der Waals surface area contributed by atoms with Gasteiger partial charge in [-0.3, -0.25) is 9.78 Å². The molecule has 5 heterocycles. The maximum atomic E-state index is 13.4. The zero-order valence-corrected chi connectivity index (χ0v) is 20.5. The second kappa shape index (κ2) is 8.74. The average Bonchev–Trinajstić information content (AvgIpc) is 3.48. The first-order valence-corrected chi connectivity index (χ1v) is 12.9. The molecule has 2 N–H and O–H groups in total. The molecule has 0 aliphatic carbocycles. The van der Waals surface area contributed by atoms with E-state index < -0.39 is 0 Å². The summed E-state index contributed by atoms with van der Waals surface area (Å²) in [6, 6.07) is 18.5. The summed E-state index contributed by atoms with van der Waals surface area (Å²) >= 11 is 0. The van der Waals surface area contributed by atoms with Gasteiger partial charge in [-0.1, -0.05) is 18.2 Å². The molecule has 0 unspecified atom stereocenters. The van der Waals surface area contributed by atoms with E-state index in [0.29, 0.717) is 37.6 Å². The first-order chi connectivity index (χ1) is 18.2. The summed E-state index contributed by atoms with van der Waals surface area (Å²) in [6.45, 7) is 3.25. The fourth-order valence-electron chi connectivity index (χ4n) is 5.74. The molecule has 37 heavy (non-hydrogen) atoms. The number of nitrogens with zero attached hydrogens (tertiary/aromatic N) is 5. The lowest BCUT2D eigenvalue weighted by Crippen LogP contribution is -2.45. The van der Waals surface area contributed by atoms with Crippen molar-refractivity contribution in [3.63, 3.8) is 0 Å². The summed E-state index contributed by atoms with van der Waals surface area (Å²) in [5.41, 5.74) is 11.8. The smallest absolute Gasteiger partial charge is 0.254 e. The van der Waals surface area contributed by atoms with E-state index in [1.807, 2.05) is 41.6 Å². The second-order valence-corrected chi connectivity index (χ2v) is 9.96. The third-order valence-electron chi connectivity index (χ3n) is 7.50. The Morgan fingerprint density at radius 2 is 1.95 bits per heavy atom. The topological polar surface area (TPSA) is 91.2 Å². The maximum Gasteiger partial charge on any atom is 0.254 e. The zero-order chi connectivity index (χ0) is 24.9. The minimum atomic E-state index is -0.00891. The Bertz CT molecular complexity index is 1640. The number of hydrogen-bond donors (Lipinski definition) is 1. The van der Waals surface area contributed by atoms with Crippen molar-refractivity contribution >= 4 is 27.8 Å². The number of hydrogen-bond acceptors (Lipinski definition) is 5. The van der Waals surface area contributed by atoms with Crippen LogP contribution in [0, 0.1) is 0 Å². The van der Waals surface area contributed by atoms with Gasteiger partial charge in [0, 0.05) is 54.5 Å². The molecular weight excluding hydrogens is 464 g/mol. The first kappa shape index (κ1) is 22.1. The van der Waals surface area contributed by atoms with Crippen LogP contribution in [0.5, 0.6) is 5.75 Å². The van der Waals surface area contributed by atoms with Crippen LogP contribution < -0.4 is 10.5 Å². The Kier molecular flexibility index (Phi) is 5.21. The molecule has 3 aromatic heterocycles. The van der Waals surface area contributed by atoms with E-state index in [9.17, 15) is 4.79 Å². The van der Waals surface area contributed by atoms with Crippen LogP contribution in [-0.2, 0) is 13.1 Å². The van der Waals surface area contributed by atoms with Gasteiger partial charge in [0.1, 0.15) is 17.9 Å². The fourth-order valence-corrected chi connectivity index (χ4v) is 5.74. The number of carbonyl (C=O) groups is 1. The summed E-state index contributed by atoms with van der Waals surface area (Å²) in [4.78, 5) is 24.5. The Labute approximate surface area is 214 Å². The van der Waals surface area contributed by atoms with E-state index in [2.05, 4.69) is 44.5 Å². The van der Waals surface area contributed by atoms with Crippen LogP contribution in [0.2, 0.25) is 0 Å². The lowest BCUT2D eigenvalue weighted by Gasteiger charge is -2.31. The number of ether oxygens (including phenoxy) is 1. The summed E-state index contributed by atoms with van der Waals surface area (Å²) in [5.74, 6) is 1.59. The number of rotatable bonds is 4. The number of carbonyl (C=O) groups excluding carboxylic acids is 1. The second-order valence-electron chi connectivity index (χ2n) is 9.96. The normalized spacial score (nSPS) is 17.3. The van der Waals surface area contributed by atoms with Crippen LogP contribution in [0.25, 0.3) is 33.5 Å². The lowest BCUT2D eigenvalue weighted by molar-refractivity contribution is 0.0708. The van der Waals surface area contributed by atoms with Crippen molar-refractivity contribution in [2.45, 2.75) is 32.0 Å². The lowest BCUT2D eigenvalue weighted by atomic mass is 10.0. The highest BCUT2D eigenvalue weighted by molar-refractivity contribution is 6.00. The van der Waals surface area contributed by atoms with Crippen LogP contribution >= 0.6 is 0 Å². The maximum absolute atomic E-state index is 13.4. The van der Waals surface area contributed by atoms with Crippen molar-refractivity contribution in [2.75, 3.05) is 19.7 Å². The standard InChI is InChI=1S/C29H28N6O2/c30-22-5-3-11-33(18-22)29(36)21-14-23-27-26(16-21)37-13-12-34(27)28(32-23)25-15-20-4-1-2-6-24(20)35(25)17-19-7-9-31-10-8-19/h1-2,4,6-10,14-16,22H,3,5,11-13,17-18,30H2/t22-/m1/s1. The molecule has 7 rings (SSSR count). The number of pyridine rings is 1. The quantitative estimate of drug-likeness (QED) is 0.409. The van der Waals surface area contributed by atoms with Gasteiger partial charge in [0.25, 0.3) is 5.91 Å². The number of fused-ring (bicyclic) bond motifs is 1. The van der Waals surface area contributed by atoms with Gasteiger partial charge in [-0.05, 0) is 54.8 Å². The van der Waals surface area contributed by atoms with Crippen molar-refractivity contribution in [3.8, 4) is 17.3 Å². The monoisotopic (exact) mass is 492 g/mol. The Morgan fingerprint density at radius 3 is 2.81 bits per heavy atom. The summed E-state index contributed by atoms with van der Waals surface area (Å²) < 4.78 is 10.6. The van der Waals surface area contributed by atoms with Crippen molar-refractivity contribution in [1.82, 2.24) is 24.0 Å². The number of piperidine rings is 1. The summed E-state index contributed by atoms with van der Waals surface area (Å²) in [7, 11) is 0. The predicted octanol–water partition coefficient (Wildman–Crippen LogP) is 4.06. The molecule has 2 aliphatic rings. The molecule has 1 fully saturated rings. The van der Waals surface area contributed by atoms with Crippen molar-refractivity contribution in [2.24, 2.45) is 5.73 Å². The van der Waals surface area contributed by atoms with E-state index in [1.54, 1.807) is 0 Å². The minimum absolute atomic E-state index is 0.00891. The molecule has 8 nitrogen and oxygen atoms in total. The predicted molar refractivity (Wildman–Crippen MR) is 143 cm³/mol. The van der Waals surface area contributed by atoms with Gasteiger partial charge < -0.3 is 24.5 Å². The van der Waals surface area contributed by atoms with Gasteiger partial charge in [-0.25, -0.2) is 4.98 Å². The number of para-hydroxylation sites is 1. The number of nitrogens with two attached hydrogens (primary N) is 1. The number of amides is 1. The zero-order valence-electron chi connectivity index (χ0n) is 20.5. The van der Waals surface area contributed by atoms with Crippen LogP contribution in [0.15, 0.2) is 67.0 Å². The largest absolute Gasteiger partial charge is 0.489 e. The average molecular weight is 493 g/mol. The highest BCUT2D eigenvalue weighted by Gasteiger charge is 2.27. The molecular formula is C29H28N6O2. The van der Waals surface area contributed by atoms with E-state index in [0.717, 1.165) is 52.8 Å². The highest BCUT2D eigenvalue weighted by atomic mass is 16.5. The van der Waals surface area contributed by atoms with E-state index in [-0.39, 0.29) is 11.9 Å². The molecule has 0 saturated carbocycles. The van der Waals surface area contributed by atoms with Gasteiger partial charge >= 0.3 is 0 Å². The van der Waals surface area contributed by atoms with E-state index >= 15 is 0 Å². The Hall–Kier alpha value is -4.17. The Morgan fingerprint density at radius 1 is 1.08 bits per heavy atom. The SMILES string of the molecule is N[C@@H]1CCCN(C(=O)c2cc3c4c(c2)nc(-c2cc5ccccc5n2Cc2ccncc2)n4CCO3)C1. The summed E-state index contributed by atoms with van der Waals surface area (Å²) in [6.07, 6.45) is 5.54. The molecule has 0 radical (unpaired) electrons. The number of likely N-dealkylation sites (tertiary alicyclic amines) is 1. The number of imidazole rings is 1. The van der Waals surface area contributed by atoms with Crippen LogP contribution in [0.3, 0.4) is 0 Å². The highest BCUT2D eigenvalue weighted by Crippen LogP contribution is 2.37. The minimum Gasteiger partial charge on any atom is -0.489 e. The van der Waals surface area contributed by atoms with Crippen molar-refractivity contribution in [3.05, 3.63) is 78.1 Å². The number of benzene rings is 2. The molecule has 186 valence electrons. The van der Waals surface area contributed by atoms with Crippen LogP contribution in [-0.4, -0.2) is 55.6 Å². The van der Waals surface area contributed by atoms with Gasteiger partial charge in [-0.2, -0.15) is 0 Å². The van der Waals surface area contributed by atoms with E-state index in [4.69, 9.17) is 15.5 Å². The molecule has 5 aromatic rings. The van der Waals surface area contributed by atoms with Gasteiger partial charge in [0.15, 0.2) is 5.82 Å². The third kappa shape index (κ3) is 3.76. The fraction of sp³-hybridized carbons (Fsp3) is 0.276. The van der Waals surface area contributed by atoms with E-state index in [1.165, 1.54) is 5.56 Å². The molecule has 1 amide bonds. The first-order valence-electron chi connectivity index (χ1n) is 12.9. The molecule has 8 heteroatoms. The van der Waals surface area contributed by atoms with Crippen LogP contribution in [0.1, 0.15) is 28.8 Å².